The summed E-state index contributed by atoms with van der Waals surface area (Å²) in [5.74, 6) is -0.207. The molecule has 0 radical (unpaired) electrons. The average Bonchev–Trinajstić information content (AvgIpc) is 3.05. The van der Waals surface area contributed by atoms with E-state index in [9.17, 15) is 9.59 Å². The Hall–Kier alpha value is -2.40. The smallest absolute Gasteiger partial charge is 0.227 e. The number of nitrogens with one attached hydrogen (secondary N) is 1. The molecule has 0 bridgehead atoms. The second-order valence-electron chi connectivity index (χ2n) is 7.49. The number of hydrogen-bond acceptors (Lipinski definition) is 3. The van der Waals surface area contributed by atoms with E-state index < -0.39 is 0 Å². The topological polar surface area (TPSA) is 52.7 Å². The first-order valence-electron chi connectivity index (χ1n) is 9.39. The largest absolute Gasteiger partial charge is 0.353 e. The van der Waals surface area contributed by atoms with Crippen molar-refractivity contribution in [3.05, 3.63) is 42.5 Å². The molecule has 26 heavy (non-hydrogen) atoms. The summed E-state index contributed by atoms with van der Waals surface area (Å²) < 4.78 is 0. The molecule has 0 aliphatic carbocycles. The SMILES string of the molecule is CN1CCC(NC(=O)C2CC(=O)N(c3cccc4ccccc34)C2)CC1. The number of likely N-dealkylation sites (tertiary alicyclic amines) is 1. The van der Waals surface area contributed by atoms with Crippen molar-refractivity contribution in [2.45, 2.75) is 25.3 Å². The molecular weight excluding hydrogens is 326 g/mol. The van der Waals surface area contributed by atoms with E-state index in [0.717, 1.165) is 42.4 Å². The number of amides is 2. The van der Waals surface area contributed by atoms with Crippen LogP contribution in [0.5, 0.6) is 0 Å². The maximum Gasteiger partial charge on any atom is 0.227 e. The Kier molecular flexibility index (Phi) is 4.64. The molecule has 136 valence electrons. The fourth-order valence-corrected chi connectivity index (χ4v) is 4.03. The molecule has 1 N–H and O–H groups in total. The van der Waals surface area contributed by atoms with Gasteiger partial charge in [-0.05, 0) is 44.4 Å². The highest BCUT2D eigenvalue weighted by Crippen LogP contribution is 2.31. The third-order valence-corrected chi connectivity index (χ3v) is 5.62. The van der Waals surface area contributed by atoms with Crippen molar-refractivity contribution < 1.29 is 9.59 Å². The summed E-state index contributed by atoms with van der Waals surface area (Å²) in [4.78, 5) is 29.3. The van der Waals surface area contributed by atoms with Gasteiger partial charge in [-0.3, -0.25) is 9.59 Å². The van der Waals surface area contributed by atoms with E-state index in [2.05, 4.69) is 17.3 Å². The minimum Gasteiger partial charge on any atom is -0.353 e. The molecule has 2 aromatic carbocycles. The fraction of sp³-hybridized carbons (Fsp3) is 0.429. The summed E-state index contributed by atoms with van der Waals surface area (Å²) >= 11 is 0. The first kappa shape index (κ1) is 17.0. The highest BCUT2D eigenvalue weighted by atomic mass is 16.2. The standard InChI is InChI=1S/C21H25N3O2/c1-23-11-9-17(10-12-23)22-21(26)16-13-20(25)24(14-16)19-8-4-6-15-5-2-3-7-18(15)19/h2-8,16-17H,9-14H2,1H3,(H,22,26). The van der Waals surface area contributed by atoms with Gasteiger partial charge in [0.1, 0.15) is 0 Å². The molecule has 0 spiro atoms. The van der Waals surface area contributed by atoms with Gasteiger partial charge >= 0.3 is 0 Å². The highest BCUT2D eigenvalue weighted by molar-refractivity contribution is 6.07. The van der Waals surface area contributed by atoms with E-state index in [0.29, 0.717) is 13.0 Å². The Morgan fingerprint density at radius 2 is 1.81 bits per heavy atom. The van der Waals surface area contributed by atoms with E-state index in [1.54, 1.807) is 4.90 Å². The van der Waals surface area contributed by atoms with Crippen LogP contribution in [0.3, 0.4) is 0 Å². The van der Waals surface area contributed by atoms with Crippen molar-refractivity contribution >= 4 is 28.3 Å². The second-order valence-corrected chi connectivity index (χ2v) is 7.49. The molecule has 4 rings (SSSR count). The summed E-state index contributed by atoms with van der Waals surface area (Å²) in [7, 11) is 2.11. The molecule has 2 fully saturated rings. The molecule has 2 aromatic rings. The highest BCUT2D eigenvalue weighted by Gasteiger charge is 2.36. The first-order valence-corrected chi connectivity index (χ1v) is 9.39. The van der Waals surface area contributed by atoms with Gasteiger partial charge in [-0.15, -0.1) is 0 Å². The number of nitrogens with zero attached hydrogens (tertiary/aromatic N) is 2. The van der Waals surface area contributed by atoms with Gasteiger partial charge in [0, 0.05) is 24.4 Å². The molecule has 2 heterocycles. The molecule has 5 nitrogen and oxygen atoms in total. The van der Waals surface area contributed by atoms with Gasteiger partial charge in [-0.1, -0.05) is 36.4 Å². The number of carbonyl (C=O) groups is 2. The van der Waals surface area contributed by atoms with Crippen LogP contribution in [0.4, 0.5) is 5.69 Å². The molecule has 0 saturated carbocycles. The van der Waals surface area contributed by atoms with Crippen molar-refractivity contribution in [2.75, 3.05) is 31.6 Å². The Bertz CT molecular complexity index is 822. The molecule has 2 saturated heterocycles. The Morgan fingerprint density at radius 1 is 1.08 bits per heavy atom. The van der Waals surface area contributed by atoms with E-state index >= 15 is 0 Å². The number of carbonyl (C=O) groups excluding carboxylic acids is 2. The second kappa shape index (κ2) is 7.08. The summed E-state index contributed by atoms with van der Waals surface area (Å²) in [5, 5.41) is 5.33. The van der Waals surface area contributed by atoms with E-state index in [1.165, 1.54) is 0 Å². The molecule has 2 amide bonds. The zero-order valence-electron chi connectivity index (χ0n) is 15.1. The number of anilines is 1. The molecule has 1 unspecified atom stereocenters. The third-order valence-electron chi connectivity index (χ3n) is 5.62. The number of benzene rings is 2. The van der Waals surface area contributed by atoms with Crippen LogP contribution in [0.25, 0.3) is 10.8 Å². The van der Waals surface area contributed by atoms with Crippen LogP contribution in [0.1, 0.15) is 19.3 Å². The van der Waals surface area contributed by atoms with Crippen LogP contribution in [0, 0.1) is 5.92 Å². The van der Waals surface area contributed by atoms with Gasteiger partial charge in [0.15, 0.2) is 0 Å². The Morgan fingerprint density at radius 3 is 2.62 bits per heavy atom. The maximum absolute atomic E-state index is 12.7. The fourth-order valence-electron chi connectivity index (χ4n) is 4.03. The normalized spacial score (nSPS) is 22.1. The van der Waals surface area contributed by atoms with Crippen molar-refractivity contribution in [1.29, 1.82) is 0 Å². The van der Waals surface area contributed by atoms with Gasteiger partial charge in [-0.2, -0.15) is 0 Å². The number of rotatable bonds is 3. The predicted octanol–water partition coefficient (Wildman–Crippen LogP) is 2.40. The lowest BCUT2D eigenvalue weighted by molar-refractivity contribution is -0.127. The number of piperidine rings is 1. The van der Waals surface area contributed by atoms with Gasteiger partial charge in [0.25, 0.3) is 0 Å². The molecule has 0 aromatic heterocycles. The zero-order chi connectivity index (χ0) is 18.1. The lowest BCUT2D eigenvalue weighted by atomic mass is 10.0. The minimum absolute atomic E-state index is 0.0237. The van der Waals surface area contributed by atoms with Crippen molar-refractivity contribution in [1.82, 2.24) is 10.2 Å². The molecule has 1 atom stereocenters. The van der Waals surface area contributed by atoms with Gasteiger partial charge in [-0.25, -0.2) is 0 Å². The van der Waals surface area contributed by atoms with Crippen molar-refractivity contribution in [2.24, 2.45) is 5.92 Å². The van der Waals surface area contributed by atoms with Crippen molar-refractivity contribution in [3.63, 3.8) is 0 Å². The van der Waals surface area contributed by atoms with Crippen LogP contribution in [0.15, 0.2) is 42.5 Å². The lowest BCUT2D eigenvalue weighted by Gasteiger charge is -2.30. The van der Waals surface area contributed by atoms with Gasteiger partial charge < -0.3 is 15.1 Å². The van der Waals surface area contributed by atoms with E-state index in [-0.39, 0.29) is 23.8 Å². The van der Waals surface area contributed by atoms with Gasteiger partial charge in [0.2, 0.25) is 11.8 Å². The molecular formula is C21H25N3O2. The predicted molar refractivity (Wildman–Crippen MR) is 103 cm³/mol. The minimum atomic E-state index is -0.263. The van der Waals surface area contributed by atoms with Crippen molar-refractivity contribution in [3.8, 4) is 0 Å². The monoisotopic (exact) mass is 351 g/mol. The van der Waals surface area contributed by atoms with Gasteiger partial charge in [0.05, 0.1) is 11.6 Å². The van der Waals surface area contributed by atoms with Crippen LogP contribution < -0.4 is 10.2 Å². The maximum atomic E-state index is 12.7. The summed E-state index contributed by atoms with van der Waals surface area (Å²) in [6.45, 7) is 2.48. The summed E-state index contributed by atoms with van der Waals surface area (Å²) in [5.41, 5.74) is 0.905. The van der Waals surface area contributed by atoms with E-state index in [1.807, 2.05) is 42.5 Å². The molecule has 2 aliphatic rings. The number of hydrogen-bond donors (Lipinski definition) is 1. The number of fused-ring (bicyclic) bond motifs is 1. The Balaban J connectivity index is 1.47. The lowest BCUT2D eigenvalue weighted by Crippen LogP contribution is -2.45. The van der Waals surface area contributed by atoms with Crippen LogP contribution in [0.2, 0.25) is 0 Å². The van der Waals surface area contributed by atoms with Crippen LogP contribution in [-0.2, 0) is 9.59 Å². The first-order chi connectivity index (χ1) is 12.6. The molecule has 2 aliphatic heterocycles. The summed E-state index contributed by atoms with van der Waals surface area (Å²) in [6.07, 6.45) is 2.26. The summed E-state index contributed by atoms with van der Waals surface area (Å²) in [6, 6.07) is 14.3. The van der Waals surface area contributed by atoms with Crippen LogP contribution >= 0.6 is 0 Å². The zero-order valence-corrected chi connectivity index (χ0v) is 15.1. The van der Waals surface area contributed by atoms with Crippen LogP contribution in [-0.4, -0.2) is 49.4 Å². The molecule has 5 heteroatoms. The third kappa shape index (κ3) is 3.31. The Labute approximate surface area is 154 Å². The quantitative estimate of drug-likeness (QED) is 0.924. The van der Waals surface area contributed by atoms with E-state index in [4.69, 9.17) is 0 Å². The average molecular weight is 351 g/mol.